The topological polar surface area (TPSA) is 22.1 Å². The Morgan fingerprint density at radius 2 is 2.29 bits per heavy atom. The predicted octanol–water partition coefficient (Wildman–Crippen LogP) is 2.99. The number of aryl methyl sites for hydroxylation is 1. The molecule has 1 fully saturated rings. The van der Waals surface area contributed by atoms with Crippen LogP contribution in [0.3, 0.4) is 0 Å². The molecule has 0 unspecified atom stereocenters. The second-order valence-electron chi connectivity index (χ2n) is 3.81. The Labute approximate surface area is 89.3 Å². The number of ether oxygens (including phenoxy) is 1. The van der Waals surface area contributed by atoms with Gasteiger partial charge in [-0.05, 0) is 19.3 Å². The maximum Gasteiger partial charge on any atom is 0.0960 e. The van der Waals surface area contributed by atoms with Gasteiger partial charge in [-0.1, -0.05) is 13.3 Å². The van der Waals surface area contributed by atoms with E-state index in [0.717, 1.165) is 32.5 Å². The zero-order valence-electron chi connectivity index (χ0n) is 8.66. The molecule has 2 heterocycles. The Balaban J connectivity index is 2.00. The predicted molar refractivity (Wildman–Crippen MR) is 58.9 cm³/mol. The largest absolute Gasteiger partial charge is 0.381 e. The van der Waals surface area contributed by atoms with Crippen molar-refractivity contribution in [2.75, 3.05) is 13.2 Å². The van der Waals surface area contributed by atoms with E-state index in [1.165, 1.54) is 17.1 Å². The Bertz CT molecular complexity index is 279. The molecule has 1 aromatic heterocycles. The summed E-state index contributed by atoms with van der Waals surface area (Å²) in [7, 11) is 0. The Kier molecular flexibility index (Phi) is 3.54. The summed E-state index contributed by atoms with van der Waals surface area (Å²) in [4.78, 5) is 4.69. The first kappa shape index (κ1) is 10.1. The summed E-state index contributed by atoms with van der Waals surface area (Å²) in [6.07, 6.45) is 4.62. The van der Waals surface area contributed by atoms with Crippen LogP contribution in [0.2, 0.25) is 0 Å². The number of hydrogen-bond acceptors (Lipinski definition) is 3. The Hall–Kier alpha value is -0.410. The number of thiazole rings is 1. The third-order valence-corrected chi connectivity index (χ3v) is 3.70. The molecule has 0 amide bonds. The average Bonchev–Trinajstić information content (AvgIpc) is 2.68. The molecule has 0 spiro atoms. The SMILES string of the molecule is CCCc1csc(C2CCOCC2)n1. The molecule has 2 nitrogen and oxygen atoms in total. The van der Waals surface area contributed by atoms with Gasteiger partial charge in [0.2, 0.25) is 0 Å². The van der Waals surface area contributed by atoms with Crippen molar-refractivity contribution in [1.29, 1.82) is 0 Å². The number of nitrogens with zero attached hydrogens (tertiary/aromatic N) is 1. The zero-order chi connectivity index (χ0) is 9.80. The molecular formula is C11H17NOS. The van der Waals surface area contributed by atoms with Crippen molar-refractivity contribution in [2.24, 2.45) is 0 Å². The molecule has 1 saturated heterocycles. The lowest BCUT2D eigenvalue weighted by Gasteiger charge is -2.19. The van der Waals surface area contributed by atoms with E-state index in [1.54, 1.807) is 0 Å². The van der Waals surface area contributed by atoms with Crippen molar-refractivity contribution < 1.29 is 4.74 Å². The monoisotopic (exact) mass is 211 g/mol. The number of rotatable bonds is 3. The summed E-state index contributed by atoms with van der Waals surface area (Å²) in [5.74, 6) is 0.666. The van der Waals surface area contributed by atoms with Crippen LogP contribution in [0.4, 0.5) is 0 Å². The van der Waals surface area contributed by atoms with Crippen LogP contribution < -0.4 is 0 Å². The van der Waals surface area contributed by atoms with Crippen LogP contribution >= 0.6 is 11.3 Å². The van der Waals surface area contributed by atoms with Crippen LogP contribution in [0.25, 0.3) is 0 Å². The summed E-state index contributed by atoms with van der Waals surface area (Å²) >= 11 is 1.83. The normalized spacial score (nSPS) is 18.6. The molecule has 1 aliphatic heterocycles. The van der Waals surface area contributed by atoms with Crippen molar-refractivity contribution in [2.45, 2.75) is 38.5 Å². The molecule has 78 valence electrons. The van der Waals surface area contributed by atoms with Gasteiger partial charge in [0.25, 0.3) is 0 Å². The maximum atomic E-state index is 5.35. The third kappa shape index (κ3) is 2.34. The lowest BCUT2D eigenvalue weighted by atomic mass is 10.0. The minimum Gasteiger partial charge on any atom is -0.381 e. The first-order valence-corrected chi connectivity index (χ1v) is 6.30. The minimum atomic E-state index is 0.666. The molecule has 2 rings (SSSR count). The number of aromatic nitrogens is 1. The summed E-state index contributed by atoms with van der Waals surface area (Å²) in [5.41, 5.74) is 1.28. The highest BCUT2D eigenvalue weighted by molar-refractivity contribution is 7.09. The second kappa shape index (κ2) is 4.89. The fourth-order valence-corrected chi connectivity index (χ4v) is 2.85. The van der Waals surface area contributed by atoms with Gasteiger partial charge in [-0.25, -0.2) is 4.98 Å². The molecular weight excluding hydrogens is 194 g/mol. The van der Waals surface area contributed by atoms with Crippen molar-refractivity contribution in [1.82, 2.24) is 4.98 Å². The van der Waals surface area contributed by atoms with Gasteiger partial charge in [-0.2, -0.15) is 0 Å². The van der Waals surface area contributed by atoms with Crippen LogP contribution in [0.15, 0.2) is 5.38 Å². The van der Waals surface area contributed by atoms with E-state index in [-0.39, 0.29) is 0 Å². The fraction of sp³-hybridized carbons (Fsp3) is 0.727. The standard InChI is InChI=1S/C11H17NOS/c1-2-3-10-8-14-11(12-10)9-4-6-13-7-5-9/h8-9H,2-7H2,1H3. The lowest BCUT2D eigenvalue weighted by Crippen LogP contribution is -2.13. The zero-order valence-corrected chi connectivity index (χ0v) is 9.48. The van der Waals surface area contributed by atoms with Gasteiger partial charge < -0.3 is 4.74 Å². The van der Waals surface area contributed by atoms with Crippen LogP contribution in [-0.4, -0.2) is 18.2 Å². The fourth-order valence-electron chi connectivity index (χ4n) is 1.83. The molecule has 0 saturated carbocycles. The molecule has 3 heteroatoms. The second-order valence-corrected chi connectivity index (χ2v) is 4.70. The van der Waals surface area contributed by atoms with E-state index in [2.05, 4.69) is 17.3 Å². The van der Waals surface area contributed by atoms with Crippen LogP contribution in [0, 0.1) is 0 Å². The van der Waals surface area contributed by atoms with Gasteiger partial charge in [-0.3, -0.25) is 0 Å². The Morgan fingerprint density at radius 3 is 3.00 bits per heavy atom. The minimum absolute atomic E-state index is 0.666. The van der Waals surface area contributed by atoms with Gasteiger partial charge >= 0.3 is 0 Å². The molecule has 0 aliphatic carbocycles. The molecule has 0 bridgehead atoms. The number of hydrogen-bond donors (Lipinski definition) is 0. The highest BCUT2D eigenvalue weighted by Crippen LogP contribution is 2.29. The van der Waals surface area contributed by atoms with Crippen LogP contribution in [0.1, 0.15) is 42.8 Å². The molecule has 0 radical (unpaired) electrons. The molecule has 1 aliphatic rings. The average molecular weight is 211 g/mol. The first-order chi connectivity index (χ1) is 6.90. The summed E-state index contributed by atoms with van der Waals surface area (Å²) in [5, 5.41) is 3.55. The molecule has 0 N–H and O–H groups in total. The van der Waals surface area contributed by atoms with Crippen molar-refractivity contribution in [3.8, 4) is 0 Å². The van der Waals surface area contributed by atoms with E-state index < -0.39 is 0 Å². The first-order valence-electron chi connectivity index (χ1n) is 5.42. The summed E-state index contributed by atoms with van der Waals surface area (Å²) in [6.45, 7) is 4.02. The third-order valence-electron chi connectivity index (χ3n) is 2.65. The van der Waals surface area contributed by atoms with E-state index in [0.29, 0.717) is 5.92 Å². The van der Waals surface area contributed by atoms with Gasteiger partial charge in [-0.15, -0.1) is 11.3 Å². The van der Waals surface area contributed by atoms with E-state index in [1.807, 2.05) is 11.3 Å². The lowest BCUT2D eigenvalue weighted by molar-refractivity contribution is 0.0852. The smallest absolute Gasteiger partial charge is 0.0960 e. The van der Waals surface area contributed by atoms with Gasteiger partial charge in [0.1, 0.15) is 0 Å². The highest BCUT2D eigenvalue weighted by atomic mass is 32.1. The van der Waals surface area contributed by atoms with Gasteiger partial charge in [0.15, 0.2) is 0 Å². The molecule has 14 heavy (non-hydrogen) atoms. The highest BCUT2D eigenvalue weighted by Gasteiger charge is 2.18. The van der Waals surface area contributed by atoms with E-state index >= 15 is 0 Å². The van der Waals surface area contributed by atoms with Crippen molar-refractivity contribution in [3.63, 3.8) is 0 Å². The van der Waals surface area contributed by atoms with E-state index in [4.69, 9.17) is 4.74 Å². The van der Waals surface area contributed by atoms with Crippen LogP contribution in [-0.2, 0) is 11.2 Å². The molecule has 0 aromatic carbocycles. The summed E-state index contributed by atoms with van der Waals surface area (Å²) in [6, 6.07) is 0. The molecule has 1 aromatic rings. The Morgan fingerprint density at radius 1 is 1.50 bits per heavy atom. The quantitative estimate of drug-likeness (QED) is 0.766. The van der Waals surface area contributed by atoms with Gasteiger partial charge in [0, 0.05) is 24.5 Å². The summed E-state index contributed by atoms with van der Waals surface area (Å²) < 4.78 is 5.35. The van der Waals surface area contributed by atoms with Crippen molar-refractivity contribution in [3.05, 3.63) is 16.1 Å². The van der Waals surface area contributed by atoms with Crippen molar-refractivity contribution >= 4 is 11.3 Å². The van der Waals surface area contributed by atoms with Gasteiger partial charge in [0.05, 0.1) is 10.7 Å². The van der Waals surface area contributed by atoms with E-state index in [9.17, 15) is 0 Å². The van der Waals surface area contributed by atoms with Crippen LogP contribution in [0.5, 0.6) is 0 Å². The maximum absolute atomic E-state index is 5.35. The molecule has 0 atom stereocenters.